The molecule has 2 nitrogen and oxygen atoms in total. The van der Waals surface area contributed by atoms with Gasteiger partial charge in [0.1, 0.15) is 11.2 Å². The van der Waals surface area contributed by atoms with Crippen molar-refractivity contribution < 1.29 is 4.42 Å². The number of benzene rings is 20. The molecule has 4 aliphatic carbocycles. The molecule has 2 atom stereocenters. The predicted molar refractivity (Wildman–Crippen MR) is 537 cm³/mol. The zero-order chi connectivity index (χ0) is 84.5. The Morgan fingerprint density at radius 3 is 1.36 bits per heavy atom. The molecule has 23 aromatic rings. The number of fused-ring (bicyclic) bond motifs is 27. The van der Waals surface area contributed by atoms with Crippen LogP contribution in [0.2, 0.25) is 15.1 Å². The van der Waals surface area contributed by atoms with Gasteiger partial charge in [-0.1, -0.05) is 332 Å². The normalized spacial score (nSPS) is 15.1. The number of halogens is 3. The smallest absolute Gasteiger partial charge is 0.135 e. The van der Waals surface area contributed by atoms with E-state index in [1.807, 2.05) is 47.7 Å². The molecule has 3 heterocycles. The highest BCUT2D eigenvalue weighted by Crippen LogP contribution is 2.64. The number of nitrogens with zero attached hydrogens (tertiary/aromatic N) is 1. The van der Waals surface area contributed by atoms with Crippen LogP contribution in [0.1, 0.15) is 69.5 Å². The first-order valence-corrected chi connectivity index (χ1v) is 45.4. The third-order valence-corrected chi connectivity index (χ3v) is 30.0. The van der Waals surface area contributed by atoms with Gasteiger partial charge in [-0.2, -0.15) is 0 Å². The summed E-state index contributed by atoms with van der Waals surface area (Å²) in [6.07, 6.45) is 0. The number of thiophene rings is 1. The Hall–Kier alpha value is -14.4. The van der Waals surface area contributed by atoms with Gasteiger partial charge in [0.15, 0.2) is 0 Å². The molecule has 0 saturated heterocycles. The second-order valence-electron chi connectivity index (χ2n) is 34.7. The van der Waals surface area contributed by atoms with Gasteiger partial charge in [-0.3, -0.25) is 0 Å². The molecule has 27 rings (SSSR count). The molecular formula is C121H76Cl3NOS. The van der Waals surface area contributed by atoms with Crippen LogP contribution >= 0.6 is 46.1 Å². The van der Waals surface area contributed by atoms with Crippen molar-refractivity contribution in [1.29, 1.82) is 0 Å². The number of furan rings is 1. The summed E-state index contributed by atoms with van der Waals surface area (Å²) in [4.78, 5) is 0. The van der Waals surface area contributed by atoms with E-state index in [1.54, 1.807) is 0 Å². The molecule has 0 saturated carbocycles. The molecule has 0 amide bonds. The van der Waals surface area contributed by atoms with Gasteiger partial charge < -0.3 is 8.98 Å². The van der Waals surface area contributed by atoms with Crippen LogP contribution in [-0.2, 0) is 16.2 Å². The number of hydrogen-bond donors (Lipinski definition) is 0. The molecule has 0 radical (unpaired) electrons. The fraction of sp³-hybridized carbons (Fsp3) is 0.0413. The first-order chi connectivity index (χ1) is 62.4. The standard InChI is InChI=1S/C48H32ClN.C37H21ClO.C36H23ClS/c1-48(37-22-18-31-10-5-6-11-32(31)26-37)44-24-20-34(33-12-9-13-38(49)27-33)28-42(44)43-29-35(21-25-45(43)48)36-19-23-41-40-16-7-8-17-46(40)50(47(41)30-36)39-14-3-2-4-15-39;38-24-15-17-34-29(21-24)28-19-22(23-14-18-36-30(20-23)27-9-3-6-12-35(27)39-36)13-16-33(28)37(34)31-10-4-1-7-25(31)26-8-2-5-11-32(26)37;1-36(26-16-13-22-7-2-3-8-23(22)19-26)30-17-14-24(21-29(30)35-31(36)10-6-11-32(35)37)25-15-18-34-28(20-25)27-9-4-5-12-33(27)38-34/h2-30H,1H3;1-21H;2-21H,1H3. The van der Waals surface area contributed by atoms with Crippen LogP contribution in [0.4, 0.5) is 0 Å². The van der Waals surface area contributed by atoms with Crippen molar-refractivity contribution >= 4 is 132 Å². The van der Waals surface area contributed by atoms with E-state index in [-0.39, 0.29) is 16.2 Å². The van der Waals surface area contributed by atoms with Crippen molar-refractivity contribution in [3.63, 3.8) is 0 Å². The maximum atomic E-state index is 6.94. The summed E-state index contributed by atoms with van der Waals surface area (Å²) in [7, 11) is 0. The van der Waals surface area contributed by atoms with Crippen LogP contribution in [-0.4, -0.2) is 4.57 Å². The van der Waals surface area contributed by atoms with Crippen LogP contribution < -0.4 is 0 Å². The molecule has 3 aromatic heterocycles. The lowest BCUT2D eigenvalue weighted by Gasteiger charge is -2.30. The van der Waals surface area contributed by atoms with Crippen molar-refractivity contribution in [2.24, 2.45) is 0 Å². The molecule has 0 bridgehead atoms. The maximum absolute atomic E-state index is 6.94. The highest BCUT2D eigenvalue weighted by atomic mass is 35.5. The molecule has 0 aliphatic heterocycles. The Morgan fingerprint density at radius 2 is 0.685 bits per heavy atom. The summed E-state index contributed by atoms with van der Waals surface area (Å²) in [5.74, 6) is 0. The minimum atomic E-state index is -0.355. The van der Waals surface area contributed by atoms with E-state index in [1.165, 1.54) is 203 Å². The topological polar surface area (TPSA) is 18.1 Å². The van der Waals surface area contributed by atoms with E-state index < -0.39 is 0 Å². The number of aromatic nitrogens is 1. The molecule has 2 unspecified atom stereocenters. The van der Waals surface area contributed by atoms with E-state index in [2.05, 4.69) is 407 Å². The lowest BCUT2D eigenvalue weighted by molar-refractivity contribution is 0.669. The van der Waals surface area contributed by atoms with Crippen molar-refractivity contribution in [2.75, 3.05) is 0 Å². The molecule has 6 heteroatoms. The molecule has 4 aliphatic rings. The third kappa shape index (κ3) is 11.6. The summed E-state index contributed by atoms with van der Waals surface area (Å²) < 4.78 is 11.1. The Kier molecular flexibility index (Phi) is 17.2. The molecular weight excluding hydrogens is 1620 g/mol. The van der Waals surface area contributed by atoms with E-state index >= 15 is 0 Å². The zero-order valence-electron chi connectivity index (χ0n) is 69.3. The fourth-order valence-electron chi connectivity index (χ4n) is 22.0. The monoisotopic (exact) mass is 1700 g/mol. The van der Waals surface area contributed by atoms with Crippen LogP contribution in [0, 0.1) is 0 Å². The second kappa shape index (κ2) is 29.1. The maximum Gasteiger partial charge on any atom is 0.135 e. The van der Waals surface area contributed by atoms with Gasteiger partial charge in [-0.05, 0) is 302 Å². The zero-order valence-corrected chi connectivity index (χ0v) is 72.4. The minimum absolute atomic E-state index is 0.286. The van der Waals surface area contributed by atoms with E-state index in [0.717, 1.165) is 48.1 Å². The number of para-hydroxylation sites is 3. The summed E-state index contributed by atoms with van der Waals surface area (Å²) in [6, 6.07) is 154. The van der Waals surface area contributed by atoms with Gasteiger partial charge in [-0.25, -0.2) is 0 Å². The van der Waals surface area contributed by atoms with Crippen LogP contribution in [0.25, 0.3) is 180 Å². The van der Waals surface area contributed by atoms with Crippen molar-refractivity contribution in [1.82, 2.24) is 4.57 Å². The SMILES string of the molecule is CC1(c2ccc3ccccc3c2)c2ccc(-c3ccc4sc5ccccc5c4c3)cc2-c2c(Cl)cccc21.CC1(c2ccc3ccccc3c2)c2ccc(-c3cccc(Cl)c3)cc2-c2cc(-c3ccc4c5ccccc5n(-c5ccccc5)c4c3)ccc21.Clc1ccc2c(c1)-c1cc(-c3ccc4oc5ccccc5c4c3)ccc1C21c2ccccc2-c2ccccc21. The summed E-state index contributed by atoms with van der Waals surface area (Å²) in [6.45, 7) is 4.74. The molecule has 127 heavy (non-hydrogen) atoms. The van der Waals surface area contributed by atoms with E-state index in [9.17, 15) is 0 Å². The van der Waals surface area contributed by atoms with Crippen molar-refractivity contribution in [3.8, 4) is 94.7 Å². The molecule has 0 fully saturated rings. The average molecular weight is 1700 g/mol. The Balaban J connectivity index is 0.000000105. The predicted octanol–water partition coefficient (Wildman–Crippen LogP) is 34.4. The van der Waals surface area contributed by atoms with Gasteiger partial charge in [0.2, 0.25) is 0 Å². The van der Waals surface area contributed by atoms with Crippen LogP contribution in [0.3, 0.4) is 0 Å². The van der Waals surface area contributed by atoms with Crippen LogP contribution in [0.15, 0.2) is 429 Å². The first-order valence-electron chi connectivity index (χ1n) is 43.5. The number of rotatable bonds is 7. The lowest BCUT2D eigenvalue weighted by Crippen LogP contribution is -2.25. The van der Waals surface area contributed by atoms with Crippen molar-refractivity contribution in [3.05, 3.63) is 495 Å². The Bertz CT molecular complexity index is 8530. The quantitative estimate of drug-likeness (QED) is 0.156. The lowest BCUT2D eigenvalue weighted by atomic mass is 9.70. The fourth-order valence-corrected chi connectivity index (χ4v) is 23.8. The van der Waals surface area contributed by atoms with E-state index in [4.69, 9.17) is 39.2 Å². The second-order valence-corrected chi connectivity index (χ2v) is 37.0. The number of hydrogen-bond acceptors (Lipinski definition) is 2. The Morgan fingerprint density at radius 1 is 0.244 bits per heavy atom. The molecule has 598 valence electrons. The van der Waals surface area contributed by atoms with Gasteiger partial charge in [0.05, 0.1) is 16.4 Å². The molecule has 0 N–H and O–H groups in total. The molecule has 20 aromatic carbocycles. The largest absolute Gasteiger partial charge is 0.456 e. The van der Waals surface area contributed by atoms with Gasteiger partial charge in [-0.15, -0.1) is 11.3 Å². The van der Waals surface area contributed by atoms with Gasteiger partial charge >= 0.3 is 0 Å². The first kappa shape index (κ1) is 75.2. The van der Waals surface area contributed by atoms with Crippen molar-refractivity contribution in [2.45, 2.75) is 30.1 Å². The third-order valence-electron chi connectivity index (χ3n) is 28.1. The van der Waals surface area contributed by atoms with Gasteiger partial charge in [0.25, 0.3) is 0 Å². The summed E-state index contributed by atoms with van der Waals surface area (Å²) >= 11 is 21.9. The highest BCUT2D eigenvalue weighted by Gasteiger charge is 2.52. The Labute approximate surface area is 754 Å². The van der Waals surface area contributed by atoms with Crippen LogP contribution in [0.5, 0.6) is 0 Å². The minimum Gasteiger partial charge on any atom is -0.456 e. The van der Waals surface area contributed by atoms with Gasteiger partial charge in [0, 0.05) is 78.9 Å². The van der Waals surface area contributed by atoms with E-state index in [0.29, 0.717) is 0 Å². The molecule has 1 spiro atoms. The average Bonchev–Trinajstić information content (AvgIpc) is 1.50. The highest BCUT2D eigenvalue weighted by molar-refractivity contribution is 7.25. The summed E-state index contributed by atoms with van der Waals surface area (Å²) in [5.41, 5.74) is 37.1. The summed E-state index contributed by atoms with van der Waals surface area (Å²) in [5, 5.41) is 14.8.